The van der Waals surface area contributed by atoms with Gasteiger partial charge in [0.15, 0.2) is 0 Å². The van der Waals surface area contributed by atoms with Gasteiger partial charge in [-0.05, 0) is 37.7 Å². The zero-order valence-electron chi connectivity index (χ0n) is 10.1. The Labute approximate surface area is 101 Å². The van der Waals surface area contributed by atoms with E-state index in [0.717, 1.165) is 12.8 Å². The second-order valence-corrected chi connectivity index (χ2v) is 5.19. The van der Waals surface area contributed by atoms with E-state index < -0.39 is 11.7 Å². The molecule has 1 aliphatic rings. The summed E-state index contributed by atoms with van der Waals surface area (Å²) in [5, 5.41) is 20.8. The number of hydrogen-bond acceptors (Lipinski definition) is 4. The molecule has 4 nitrogen and oxygen atoms in total. The third kappa shape index (κ3) is 2.42. The summed E-state index contributed by atoms with van der Waals surface area (Å²) in [6.45, 7) is 2.17. The molecule has 1 saturated carbocycles. The van der Waals surface area contributed by atoms with E-state index in [4.69, 9.17) is 5.73 Å². The maximum atomic E-state index is 10.5. The molecule has 1 aromatic rings. The molecule has 1 unspecified atom stereocenters. The fourth-order valence-electron chi connectivity index (χ4n) is 2.47. The molecule has 1 heterocycles. The Morgan fingerprint density at radius 2 is 2.12 bits per heavy atom. The van der Waals surface area contributed by atoms with Crippen molar-refractivity contribution < 1.29 is 10.2 Å². The lowest BCUT2D eigenvalue weighted by Gasteiger charge is -2.38. The molecule has 0 bridgehead atoms. The van der Waals surface area contributed by atoms with Crippen LogP contribution < -0.4 is 5.73 Å². The van der Waals surface area contributed by atoms with E-state index in [0.29, 0.717) is 30.0 Å². The van der Waals surface area contributed by atoms with Gasteiger partial charge in [-0.25, -0.2) is 0 Å². The number of anilines is 1. The average molecular weight is 236 g/mol. The summed E-state index contributed by atoms with van der Waals surface area (Å²) in [5.74, 6) is 0.619. The standard InChI is InChI=1S/C13H20N2O2/c1-9-2-5-13(17,6-3-9)12(16)10-8-15-7-4-11(10)14/h4,7-9,12,16-17H,2-3,5-6H2,1H3,(H2,14,15). The molecule has 0 spiro atoms. The molecule has 1 atom stereocenters. The number of aromatic nitrogens is 1. The van der Waals surface area contributed by atoms with Gasteiger partial charge < -0.3 is 15.9 Å². The van der Waals surface area contributed by atoms with Crippen molar-refractivity contribution in [1.82, 2.24) is 4.98 Å². The summed E-state index contributed by atoms with van der Waals surface area (Å²) in [5.41, 5.74) is 5.77. The molecular formula is C13H20N2O2. The van der Waals surface area contributed by atoms with Crippen molar-refractivity contribution in [2.24, 2.45) is 5.92 Å². The maximum Gasteiger partial charge on any atom is 0.111 e. The van der Waals surface area contributed by atoms with Crippen LogP contribution in [0.15, 0.2) is 18.5 Å². The van der Waals surface area contributed by atoms with E-state index in [-0.39, 0.29) is 0 Å². The molecule has 0 saturated heterocycles. The molecular weight excluding hydrogens is 216 g/mol. The van der Waals surface area contributed by atoms with Crippen molar-refractivity contribution >= 4 is 5.69 Å². The largest absolute Gasteiger partial charge is 0.398 e. The number of pyridine rings is 1. The summed E-state index contributed by atoms with van der Waals surface area (Å²) >= 11 is 0. The number of aliphatic hydroxyl groups is 2. The Morgan fingerprint density at radius 3 is 2.71 bits per heavy atom. The fourth-order valence-corrected chi connectivity index (χ4v) is 2.47. The third-order valence-corrected chi connectivity index (χ3v) is 3.83. The van der Waals surface area contributed by atoms with E-state index in [1.165, 1.54) is 6.20 Å². The predicted octanol–water partition coefficient (Wildman–Crippen LogP) is 1.64. The first-order valence-electron chi connectivity index (χ1n) is 6.13. The highest BCUT2D eigenvalue weighted by atomic mass is 16.3. The number of aliphatic hydroxyl groups excluding tert-OH is 1. The van der Waals surface area contributed by atoms with Gasteiger partial charge in [0.2, 0.25) is 0 Å². The minimum Gasteiger partial charge on any atom is -0.398 e. The second-order valence-electron chi connectivity index (χ2n) is 5.19. The first-order valence-corrected chi connectivity index (χ1v) is 6.13. The second kappa shape index (κ2) is 4.63. The van der Waals surface area contributed by atoms with Crippen molar-refractivity contribution in [3.63, 3.8) is 0 Å². The van der Waals surface area contributed by atoms with E-state index in [1.54, 1.807) is 12.3 Å². The van der Waals surface area contributed by atoms with Gasteiger partial charge in [-0.1, -0.05) is 6.92 Å². The van der Waals surface area contributed by atoms with Crippen LogP contribution in [0.5, 0.6) is 0 Å². The van der Waals surface area contributed by atoms with Gasteiger partial charge in [-0.3, -0.25) is 4.98 Å². The van der Waals surface area contributed by atoms with Crippen LogP contribution in [0.4, 0.5) is 5.69 Å². The number of rotatable bonds is 2. The van der Waals surface area contributed by atoms with Crippen molar-refractivity contribution in [1.29, 1.82) is 0 Å². The van der Waals surface area contributed by atoms with Crippen LogP contribution in [0.2, 0.25) is 0 Å². The van der Waals surface area contributed by atoms with E-state index >= 15 is 0 Å². The smallest absolute Gasteiger partial charge is 0.111 e. The van der Waals surface area contributed by atoms with E-state index in [2.05, 4.69) is 11.9 Å². The van der Waals surface area contributed by atoms with E-state index in [1.807, 2.05) is 0 Å². The lowest BCUT2D eigenvalue weighted by Crippen LogP contribution is -2.40. The molecule has 0 aromatic carbocycles. The summed E-state index contributed by atoms with van der Waals surface area (Å²) in [4.78, 5) is 3.96. The molecule has 0 aliphatic heterocycles. The van der Waals surface area contributed by atoms with Crippen LogP contribution in [-0.2, 0) is 0 Å². The highest BCUT2D eigenvalue weighted by molar-refractivity contribution is 5.46. The topological polar surface area (TPSA) is 79.4 Å². The normalized spacial score (nSPS) is 31.1. The molecule has 4 N–H and O–H groups in total. The monoisotopic (exact) mass is 236 g/mol. The average Bonchev–Trinajstić information content (AvgIpc) is 2.33. The van der Waals surface area contributed by atoms with Crippen LogP contribution in [0, 0.1) is 5.92 Å². The van der Waals surface area contributed by atoms with Gasteiger partial charge in [0.05, 0.1) is 5.60 Å². The fraction of sp³-hybridized carbons (Fsp3) is 0.615. The van der Waals surface area contributed by atoms with Gasteiger partial charge in [0.1, 0.15) is 6.10 Å². The Kier molecular flexibility index (Phi) is 3.35. The summed E-state index contributed by atoms with van der Waals surface area (Å²) < 4.78 is 0. The van der Waals surface area contributed by atoms with Crippen LogP contribution in [-0.4, -0.2) is 20.8 Å². The van der Waals surface area contributed by atoms with Gasteiger partial charge >= 0.3 is 0 Å². The molecule has 0 amide bonds. The highest BCUT2D eigenvalue weighted by Crippen LogP contribution is 2.41. The Bertz CT molecular complexity index is 387. The molecule has 0 radical (unpaired) electrons. The molecule has 17 heavy (non-hydrogen) atoms. The first-order chi connectivity index (χ1) is 8.03. The van der Waals surface area contributed by atoms with Gasteiger partial charge in [-0.15, -0.1) is 0 Å². The SMILES string of the molecule is CC1CCC(O)(C(O)c2cnccc2N)CC1. The van der Waals surface area contributed by atoms with Gasteiger partial charge in [0, 0.05) is 23.6 Å². The lowest BCUT2D eigenvalue weighted by molar-refractivity contribution is -0.105. The third-order valence-electron chi connectivity index (χ3n) is 3.83. The molecule has 1 aliphatic carbocycles. The minimum absolute atomic E-state index is 0.486. The molecule has 4 heteroatoms. The Balaban J connectivity index is 2.20. The highest BCUT2D eigenvalue weighted by Gasteiger charge is 2.40. The van der Waals surface area contributed by atoms with Crippen LogP contribution in [0.1, 0.15) is 44.3 Å². The van der Waals surface area contributed by atoms with Crippen molar-refractivity contribution in [2.45, 2.75) is 44.3 Å². The molecule has 1 aromatic heterocycles. The summed E-state index contributed by atoms with van der Waals surface area (Å²) in [7, 11) is 0. The quantitative estimate of drug-likeness (QED) is 0.729. The van der Waals surface area contributed by atoms with Crippen molar-refractivity contribution in [2.75, 3.05) is 5.73 Å². The van der Waals surface area contributed by atoms with Crippen LogP contribution in [0.3, 0.4) is 0 Å². The number of nitrogens with two attached hydrogens (primary N) is 1. The van der Waals surface area contributed by atoms with Crippen LogP contribution >= 0.6 is 0 Å². The number of nitrogens with zero attached hydrogens (tertiary/aromatic N) is 1. The zero-order valence-corrected chi connectivity index (χ0v) is 10.1. The molecule has 1 fully saturated rings. The van der Waals surface area contributed by atoms with Gasteiger partial charge in [-0.2, -0.15) is 0 Å². The lowest BCUT2D eigenvalue weighted by atomic mass is 9.75. The summed E-state index contributed by atoms with van der Waals surface area (Å²) in [6, 6.07) is 1.65. The number of hydrogen-bond donors (Lipinski definition) is 3. The predicted molar refractivity (Wildman–Crippen MR) is 66.2 cm³/mol. The molecule has 94 valence electrons. The zero-order chi connectivity index (χ0) is 12.5. The van der Waals surface area contributed by atoms with Crippen molar-refractivity contribution in [3.05, 3.63) is 24.0 Å². The summed E-state index contributed by atoms with van der Waals surface area (Å²) in [6.07, 6.45) is 5.28. The first kappa shape index (κ1) is 12.3. The van der Waals surface area contributed by atoms with Crippen LogP contribution in [0.25, 0.3) is 0 Å². The maximum absolute atomic E-state index is 10.5. The number of nitrogen functional groups attached to an aromatic ring is 1. The molecule has 2 rings (SSSR count). The Morgan fingerprint density at radius 1 is 1.47 bits per heavy atom. The Hall–Kier alpha value is -1.13. The van der Waals surface area contributed by atoms with E-state index in [9.17, 15) is 10.2 Å². The van der Waals surface area contributed by atoms with Crippen molar-refractivity contribution in [3.8, 4) is 0 Å². The minimum atomic E-state index is -1.05. The van der Waals surface area contributed by atoms with Gasteiger partial charge in [0.25, 0.3) is 0 Å².